The third kappa shape index (κ3) is 4.27. The lowest BCUT2D eigenvalue weighted by molar-refractivity contribution is 0.0943. The van der Waals surface area contributed by atoms with E-state index in [1.54, 1.807) is 11.3 Å². The average Bonchev–Trinajstić information content (AvgIpc) is 2.92. The summed E-state index contributed by atoms with van der Waals surface area (Å²) < 4.78 is 0. The first-order chi connectivity index (χ1) is 11.9. The number of nitrogens with zero attached hydrogens (tertiary/aromatic N) is 2. The van der Waals surface area contributed by atoms with Crippen molar-refractivity contribution in [2.24, 2.45) is 0 Å². The van der Waals surface area contributed by atoms with Crippen molar-refractivity contribution >= 4 is 44.9 Å². The van der Waals surface area contributed by atoms with Crippen molar-refractivity contribution in [1.29, 1.82) is 0 Å². The summed E-state index contributed by atoms with van der Waals surface area (Å²) in [7, 11) is 0. The molecule has 2 N–H and O–H groups in total. The molecule has 0 aliphatic rings. The SMILES string of the molecule is Cc1cc2c(NCc3ccc(C(=O)NC(C)C)cc3)nc(Cl)nc2s1. The summed E-state index contributed by atoms with van der Waals surface area (Å²) in [5.41, 5.74) is 1.70. The first-order valence-electron chi connectivity index (χ1n) is 7.99. The van der Waals surface area contributed by atoms with Crippen molar-refractivity contribution < 1.29 is 4.79 Å². The van der Waals surface area contributed by atoms with E-state index in [9.17, 15) is 4.79 Å². The second-order valence-electron chi connectivity index (χ2n) is 6.10. The van der Waals surface area contributed by atoms with Gasteiger partial charge in [0.15, 0.2) is 0 Å². The van der Waals surface area contributed by atoms with E-state index in [-0.39, 0.29) is 17.2 Å². The number of carbonyl (C=O) groups excluding carboxylic acids is 1. The Hall–Kier alpha value is -2.18. The Morgan fingerprint density at radius 3 is 2.64 bits per heavy atom. The smallest absolute Gasteiger partial charge is 0.251 e. The van der Waals surface area contributed by atoms with Crippen molar-refractivity contribution in [1.82, 2.24) is 15.3 Å². The Kier molecular flexibility index (Phi) is 5.20. The molecule has 130 valence electrons. The van der Waals surface area contributed by atoms with Crippen LogP contribution in [0.5, 0.6) is 0 Å². The first kappa shape index (κ1) is 17.6. The third-order valence-electron chi connectivity index (χ3n) is 3.58. The second-order valence-corrected chi connectivity index (χ2v) is 7.67. The predicted molar refractivity (Wildman–Crippen MR) is 104 cm³/mol. The fraction of sp³-hybridized carbons (Fsp3) is 0.278. The molecule has 0 atom stereocenters. The van der Waals surface area contributed by atoms with Crippen LogP contribution in [0.3, 0.4) is 0 Å². The van der Waals surface area contributed by atoms with Crippen LogP contribution in [0.2, 0.25) is 5.28 Å². The van der Waals surface area contributed by atoms with Gasteiger partial charge in [0.05, 0.1) is 5.39 Å². The number of aryl methyl sites for hydroxylation is 1. The Morgan fingerprint density at radius 1 is 1.24 bits per heavy atom. The van der Waals surface area contributed by atoms with E-state index in [2.05, 4.69) is 26.7 Å². The zero-order valence-electron chi connectivity index (χ0n) is 14.3. The van der Waals surface area contributed by atoms with E-state index < -0.39 is 0 Å². The van der Waals surface area contributed by atoms with Crippen molar-refractivity contribution in [3.63, 3.8) is 0 Å². The number of rotatable bonds is 5. The highest BCUT2D eigenvalue weighted by molar-refractivity contribution is 7.18. The summed E-state index contributed by atoms with van der Waals surface area (Å²) >= 11 is 7.60. The maximum Gasteiger partial charge on any atom is 0.251 e. The maximum atomic E-state index is 12.0. The molecule has 0 aliphatic carbocycles. The van der Waals surface area contributed by atoms with Crippen LogP contribution < -0.4 is 10.6 Å². The van der Waals surface area contributed by atoms with Gasteiger partial charge in [0.2, 0.25) is 5.28 Å². The Bertz CT molecular complexity index is 905. The molecule has 0 saturated heterocycles. The van der Waals surface area contributed by atoms with E-state index >= 15 is 0 Å². The largest absolute Gasteiger partial charge is 0.365 e. The molecule has 1 aromatic carbocycles. The molecule has 0 unspecified atom stereocenters. The van der Waals surface area contributed by atoms with E-state index in [4.69, 9.17) is 11.6 Å². The zero-order valence-corrected chi connectivity index (χ0v) is 15.8. The number of hydrogen-bond acceptors (Lipinski definition) is 5. The van der Waals surface area contributed by atoms with Gasteiger partial charge in [-0.3, -0.25) is 4.79 Å². The van der Waals surface area contributed by atoms with Gasteiger partial charge in [-0.15, -0.1) is 11.3 Å². The summed E-state index contributed by atoms with van der Waals surface area (Å²) in [5, 5.41) is 7.40. The quantitative estimate of drug-likeness (QED) is 0.649. The average molecular weight is 375 g/mol. The van der Waals surface area contributed by atoms with E-state index in [1.165, 1.54) is 0 Å². The molecular formula is C18H19ClN4OS. The van der Waals surface area contributed by atoms with Crippen LogP contribution in [0.4, 0.5) is 5.82 Å². The molecule has 0 bridgehead atoms. The normalized spacial score (nSPS) is 11.1. The van der Waals surface area contributed by atoms with E-state index in [1.807, 2.05) is 45.0 Å². The lowest BCUT2D eigenvalue weighted by Gasteiger charge is -2.10. The molecule has 25 heavy (non-hydrogen) atoms. The Morgan fingerprint density at radius 2 is 1.96 bits per heavy atom. The number of carbonyl (C=O) groups is 1. The number of aromatic nitrogens is 2. The van der Waals surface area contributed by atoms with Crippen LogP contribution in [0, 0.1) is 6.92 Å². The first-order valence-corrected chi connectivity index (χ1v) is 9.19. The molecular weight excluding hydrogens is 356 g/mol. The number of amides is 1. The van der Waals surface area contributed by atoms with Gasteiger partial charge in [-0.2, -0.15) is 0 Å². The lowest BCUT2D eigenvalue weighted by atomic mass is 10.1. The van der Waals surface area contributed by atoms with Crippen LogP contribution >= 0.6 is 22.9 Å². The number of anilines is 1. The van der Waals surface area contributed by atoms with E-state index in [0.717, 1.165) is 26.5 Å². The van der Waals surface area contributed by atoms with Gasteiger partial charge in [-0.05, 0) is 56.1 Å². The Balaban J connectivity index is 1.73. The molecule has 0 spiro atoms. The molecule has 3 rings (SSSR count). The summed E-state index contributed by atoms with van der Waals surface area (Å²) in [6.07, 6.45) is 0. The summed E-state index contributed by atoms with van der Waals surface area (Å²) in [6.45, 7) is 6.50. The zero-order chi connectivity index (χ0) is 18.0. The number of fused-ring (bicyclic) bond motifs is 1. The van der Waals surface area contributed by atoms with Gasteiger partial charge in [0.25, 0.3) is 5.91 Å². The minimum atomic E-state index is -0.0625. The summed E-state index contributed by atoms with van der Waals surface area (Å²) in [5.74, 6) is 0.661. The molecule has 0 saturated carbocycles. The molecule has 0 fully saturated rings. The molecule has 3 aromatic rings. The number of nitrogens with one attached hydrogen (secondary N) is 2. The van der Waals surface area contributed by atoms with Gasteiger partial charge in [-0.1, -0.05) is 12.1 Å². The van der Waals surface area contributed by atoms with Gasteiger partial charge in [-0.25, -0.2) is 9.97 Å². The summed E-state index contributed by atoms with van der Waals surface area (Å²) in [6, 6.07) is 9.69. The van der Waals surface area contributed by atoms with Crippen LogP contribution in [0.1, 0.15) is 34.6 Å². The van der Waals surface area contributed by atoms with Crippen molar-refractivity contribution in [3.05, 3.63) is 51.6 Å². The maximum absolute atomic E-state index is 12.0. The monoisotopic (exact) mass is 374 g/mol. The highest BCUT2D eigenvalue weighted by Crippen LogP contribution is 2.29. The molecule has 1 amide bonds. The molecule has 2 heterocycles. The predicted octanol–water partition coefficient (Wildman–Crippen LogP) is 4.40. The molecule has 5 nitrogen and oxygen atoms in total. The topological polar surface area (TPSA) is 66.9 Å². The minimum absolute atomic E-state index is 0.0625. The molecule has 0 radical (unpaired) electrons. The van der Waals surface area contributed by atoms with Gasteiger partial charge in [0, 0.05) is 23.0 Å². The van der Waals surface area contributed by atoms with Gasteiger partial charge in [0.1, 0.15) is 10.6 Å². The number of halogens is 1. The second kappa shape index (κ2) is 7.37. The standard InChI is InChI=1S/C18H19ClN4OS/c1-10(2)21-16(24)13-6-4-12(5-7-13)9-20-15-14-8-11(3)25-17(14)23-18(19)22-15/h4-8,10H,9H2,1-3H3,(H,21,24)(H,20,22,23). The lowest BCUT2D eigenvalue weighted by Crippen LogP contribution is -2.30. The molecule has 2 aromatic heterocycles. The van der Waals surface area contributed by atoms with Gasteiger partial charge < -0.3 is 10.6 Å². The molecule has 7 heteroatoms. The van der Waals surface area contributed by atoms with Crippen LogP contribution in [-0.2, 0) is 6.54 Å². The summed E-state index contributed by atoms with van der Waals surface area (Å²) in [4.78, 5) is 22.6. The number of benzene rings is 1. The highest BCUT2D eigenvalue weighted by atomic mass is 35.5. The third-order valence-corrected chi connectivity index (χ3v) is 4.70. The van der Waals surface area contributed by atoms with Crippen LogP contribution in [-0.4, -0.2) is 21.9 Å². The van der Waals surface area contributed by atoms with Gasteiger partial charge >= 0.3 is 0 Å². The van der Waals surface area contributed by atoms with Crippen molar-refractivity contribution in [2.75, 3.05) is 5.32 Å². The highest BCUT2D eigenvalue weighted by Gasteiger charge is 2.10. The number of hydrogen-bond donors (Lipinski definition) is 2. The fourth-order valence-corrected chi connectivity index (χ4v) is 3.55. The Labute approximate surface area is 155 Å². The molecule has 0 aliphatic heterocycles. The van der Waals surface area contributed by atoms with E-state index in [0.29, 0.717) is 12.1 Å². The minimum Gasteiger partial charge on any atom is -0.365 e. The number of thiophene rings is 1. The van der Waals surface area contributed by atoms with Crippen LogP contribution in [0.25, 0.3) is 10.2 Å². The van der Waals surface area contributed by atoms with Crippen molar-refractivity contribution in [2.45, 2.75) is 33.4 Å². The van der Waals surface area contributed by atoms with Crippen LogP contribution in [0.15, 0.2) is 30.3 Å². The fourth-order valence-electron chi connectivity index (χ4n) is 2.46. The van der Waals surface area contributed by atoms with Crippen molar-refractivity contribution in [3.8, 4) is 0 Å².